The Bertz CT molecular complexity index is 423. The molecule has 0 aliphatic heterocycles. The molecule has 0 saturated heterocycles. The first-order chi connectivity index (χ1) is 9.27. The van der Waals surface area contributed by atoms with Crippen molar-refractivity contribution in [2.75, 3.05) is 11.9 Å². The topological polar surface area (TPSA) is 29.3 Å². The summed E-state index contributed by atoms with van der Waals surface area (Å²) in [6.07, 6.45) is 1.28. The third-order valence-corrected chi connectivity index (χ3v) is 4.03. The maximum Gasteiger partial charge on any atom is 0.149 e. The summed E-state index contributed by atoms with van der Waals surface area (Å²) in [5, 5.41) is 0. The zero-order valence-electron chi connectivity index (χ0n) is 13.1. The molecule has 0 aliphatic carbocycles. The minimum Gasteiger partial charge on any atom is -0.367 e. The number of hydrogen-bond donors (Lipinski definition) is 1. The minimum absolute atomic E-state index is 0.0417. The van der Waals surface area contributed by atoms with E-state index in [9.17, 15) is 8.78 Å². The monoisotopic (exact) mass is 284 g/mol. The van der Waals surface area contributed by atoms with E-state index in [1.54, 1.807) is 11.9 Å². The molecule has 1 rings (SSSR count). The van der Waals surface area contributed by atoms with E-state index in [2.05, 4.69) is 0 Å². The highest BCUT2D eigenvalue weighted by Gasteiger charge is 2.21. The fourth-order valence-electron chi connectivity index (χ4n) is 2.17. The third kappa shape index (κ3) is 3.92. The maximum atomic E-state index is 14.2. The van der Waals surface area contributed by atoms with Crippen LogP contribution < -0.4 is 10.6 Å². The number of rotatable bonds is 6. The Labute approximate surface area is 121 Å². The van der Waals surface area contributed by atoms with Gasteiger partial charge in [0, 0.05) is 19.1 Å². The van der Waals surface area contributed by atoms with Crippen LogP contribution in [-0.4, -0.2) is 19.1 Å². The SMILES string of the molecule is CCC(N)Cc1cc(F)c(N(C)C(C)C(C)C)c(F)c1. The molecule has 1 aromatic carbocycles. The van der Waals surface area contributed by atoms with Crippen molar-refractivity contribution in [2.45, 2.75) is 52.6 Å². The molecule has 0 bridgehead atoms. The summed E-state index contributed by atoms with van der Waals surface area (Å²) in [5.74, 6) is -0.719. The van der Waals surface area contributed by atoms with Gasteiger partial charge in [-0.1, -0.05) is 20.8 Å². The Morgan fingerprint density at radius 2 is 1.65 bits per heavy atom. The van der Waals surface area contributed by atoms with Gasteiger partial charge in [-0.15, -0.1) is 0 Å². The van der Waals surface area contributed by atoms with E-state index in [-0.39, 0.29) is 17.8 Å². The van der Waals surface area contributed by atoms with Crippen molar-refractivity contribution < 1.29 is 8.78 Å². The van der Waals surface area contributed by atoms with Gasteiger partial charge in [0.15, 0.2) is 0 Å². The van der Waals surface area contributed by atoms with E-state index in [4.69, 9.17) is 5.73 Å². The molecule has 0 spiro atoms. The van der Waals surface area contributed by atoms with Crippen LogP contribution in [0.25, 0.3) is 0 Å². The number of anilines is 1. The normalized spacial score (nSPS) is 14.4. The van der Waals surface area contributed by atoms with E-state index in [0.29, 0.717) is 17.9 Å². The zero-order chi connectivity index (χ0) is 15.4. The van der Waals surface area contributed by atoms with Crippen molar-refractivity contribution in [1.29, 1.82) is 0 Å². The van der Waals surface area contributed by atoms with Gasteiger partial charge in [-0.3, -0.25) is 0 Å². The molecule has 2 atom stereocenters. The van der Waals surface area contributed by atoms with Crippen molar-refractivity contribution in [3.8, 4) is 0 Å². The third-order valence-electron chi connectivity index (χ3n) is 4.03. The van der Waals surface area contributed by atoms with Crippen molar-refractivity contribution in [1.82, 2.24) is 0 Å². The predicted octanol–water partition coefficient (Wildman–Crippen LogP) is 3.73. The second kappa shape index (κ2) is 7.02. The lowest BCUT2D eigenvalue weighted by molar-refractivity contribution is 0.485. The molecule has 1 aromatic rings. The second-order valence-corrected chi connectivity index (χ2v) is 5.88. The molecule has 20 heavy (non-hydrogen) atoms. The van der Waals surface area contributed by atoms with Gasteiger partial charge >= 0.3 is 0 Å². The first-order valence-corrected chi connectivity index (χ1v) is 7.24. The molecular formula is C16H26F2N2. The summed E-state index contributed by atoms with van der Waals surface area (Å²) in [6.45, 7) is 7.99. The van der Waals surface area contributed by atoms with E-state index in [1.165, 1.54) is 12.1 Å². The molecule has 0 radical (unpaired) electrons. The molecule has 0 saturated carbocycles. The number of benzene rings is 1. The van der Waals surface area contributed by atoms with Crippen LogP contribution in [0.3, 0.4) is 0 Å². The molecular weight excluding hydrogens is 258 g/mol. The van der Waals surface area contributed by atoms with E-state index >= 15 is 0 Å². The zero-order valence-corrected chi connectivity index (χ0v) is 13.1. The second-order valence-electron chi connectivity index (χ2n) is 5.88. The molecule has 0 aliphatic rings. The van der Waals surface area contributed by atoms with Crippen LogP contribution in [0.4, 0.5) is 14.5 Å². The van der Waals surface area contributed by atoms with Gasteiger partial charge in [-0.05, 0) is 43.4 Å². The lowest BCUT2D eigenvalue weighted by Gasteiger charge is -2.30. The molecule has 2 N–H and O–H groups in total. The molecule has 0 fully saturated rings. The highest BCUT2D eigenvalue weighted by molar-refractivity contribution is 5.51. The maximum absolute atomic E-state index is 14.2. The van der Waals surface area contributed by atoms with Crippen LogP contribution in [0.15, 0.2) is 12.1 Å². The Morgan fingerprint density at radius 1 is 1.15 bits per heavy atom. The number of halogens is 2. The lowest BCUT2D eigenvalue weighted by atomic mass is 10.0. The molecule has 0 aromatic heterocycles. The highest BCUT2D eigenvalue weighted by atomic mass is 19.1. The number of nitrogens with zero attached hydrogens (tertiary/aromatic N) is 1. The van der Waals surface area contributed by atoms with Gasteiger partial charge in [-0.2, -0.15) is 0 Å². The quantitative estimate of drug-likeness (QED) is 0.862. The Morgan fingerprint density at radius 3 is 2.05 bits per heavy atom. The Balaban J connectivity index is 3.06. The van der Waals surface area contributed by atoms with Gasteiger partial charge in [-0.25, -0.2) is 8.78 Å². The van der Waals surface area contributed by atoms with Crippen molar-refractivity contribution in [3.05, 3.63) is 29.3 Å². The Hall–Kier alpha value is -1.16. The van der Waals surface area contributed by atoms with Crippen molar-refractivity contribution in [3.63, 3.8) is 0 Å². The Kier molecular flexibility index (Phi) is 5.93. The smallest absolute Gasteiger partial charge is 0.149 e. The van der Waals surface area contributed by atoms with Crippen LogP contribution in [0.5, 0.6) is 0 Å². The van der Waals surface area contributed by atoms with Crippen LogP contribution in [0.2, 0.25) is 0 Å². The van der Waals surface area contributed by atoms with Crippen LogP contribution in [0, 0.1) is 17.6 Å². The number of hydrogen-bond acceptors (Lipinski definition) is 2. The summed E-state index contributed by atoms with van der Waals surface area (Å²) >= 11 is 0. The molecule has 2 unspecified atom stereocenters. The highest BCUT2D eigenvalue weighted by Crippen LogP contribution is 2.27. The summed E-state index contributed by atoms with van der Waals surface area (Å²) in [5.41, 5.74) is 6.49. The summed E-state index contributed by atoms with van der Waals surface area (Å²) in [7, 11) is 1.73. The summed E-state index contributed by atoms with van der Waals surface area (Å²) in [4.78, 5) is 1.67. The molecule has 2 nitrogen and oxygen atoms in total. The summed E-state index contributed by atoms with van der Waals surface area (Å²) < 4.78 is 28.4. The standard InChI is InChI=1S/C16H26F2N2/c1-6-13(19)7-12-8-14(17)16(15(18)9-12)20(5)11(4)10(2)3/h8-11,13H,6-7,19H2,1-5H3. The minimum atomic E-state index is -0.515. The molecule has 0 heterocycles. The van der Waals surface area contributed by atoms with Crippen molar-refractivity contribution >= 4 is 5.69 Å². The summed E-state index contributed by atoms with van der Waals surface area (Å²) in [6, 6.07) is 2.80. The average molecular weight is 284 g/mol. The first kappa shape index (κ1) is 16.9. The van der Waals surface area contributed by atoms with E-state index in [1.807, 2.05) is 27.7 Å². The van der Waals surface area contributed by atoms with Gasteiger partial charge in [0.25, 0.3) is 0 Å². The van der Waals surface area contributed by atoms with Crippen LogP contribution in [-0.2, 0) is 6.42 Å². The van der Waals surface area contributed by atoms with Gasteiger partial charge in [0.05, 0.1) is 0 Å². The van der Waals surface area contributed by atoms with Gasteiger partial charge in [0.1, 0.15) is 17.3 Å². The average Bonchev–Trinajstić information content (AvgIpc) is 2.36. The van der Waals surface area contributed by atoms with Crippen molar-refractivity contribution in [2.24, 2.45) is 11.7 Å². The predicted molar refractivity (Wildman–Crippen MR) is 81.0 cm³/mol. The molecule has 114 valence electrons. The lowest BCUT2D eigenvalue weighted by Crippen LogP contribution is -2.34. The fraction of sp³-hybridized carbons (Fsp3) is 0.625. The molecule has 0 amide bonds. The van der Waals surface area contributed by atoms with Gasteiger partial charge in [0.2, 0.25) is 0 Å². The first-order valence-electron chi connectivity index (χ1n) is 7.24. The van der Waals surface area contributed by atoms with Gasteiger partial charge < -0.3 is 10.6 Å². The van der Waals surface area contributed by atoms with Crippen LogP contribution in [0.1, 0.15) is 39.7 Å². The molecule has 4 heteroatoms. The van der Waals surface area contributed by atoms with E-state index < -0.39 is 11.6 Å². The number of nitrogens with two attached hydrogens (primary N) is 1. The van der Waals surface area contributed by atoms with E-state index in [0.717, 1.165) is 6.42 Å². The largest absolute Gasteiger partial charge is 0.367 e. The fourth-order valence-corrected chi connectivity index (χ4v) is 2.17. The van der Waals surface area contributed by atoms with Crippen LogP contribution >= 0.6 is 0 Å².